The Hall–Kier alpha value is -1.05. The molecular weight excluding hydrogens is 191 g/mol. The van der Waals surface area contributed by atoms with Gasteiger partial charge in [-0.1, -0.05) is 33.3 Å². The molecule has 1 rings (SSSR count). The number of ether oxygens (including phenoxy) is 1. The quantitative estimate of drug-likeness (QED) is 0.729. The fraction of sp³-hybridized carbons (Fsp3) is 0.538. The monoisotopic (exact) mass is 212 g/mol. The summed E-state index contributed by atoms with van der Waals surface area (Å²) in [5.74, 6) is 0.427. The summed E-state index contributed by atoms with van der Waals surface area (Å²) in [6.45, 7) is 8.75. The Balaban J connectivity index is 0.000000583. The van der Waals surface area contributed by atoms with Crippen molar-refractivity contribution >= 4 is 0 Å². The Morgan fingerprint density at radius 1 is 1.13 bits per heavy atom. The van der Waals surface area contributed by atoms with E-state index in [2.05, 4.69) is 13.8 Å². The van der Waals surface area contributed by atoms with Crippen LogP contribution in [0.3, 0.4) is 0 Å². The molecule has 0 aliphatic carbocycles. The first kappa shape index (κ1) is 13.9. The van der Waals surface area contributed by atoms with Crippen molar-refractivity contribution in [2.45, 2.75) is 40.5 Å². The molecule has 0 unspecified atom stereocenters. The van der Waals surface area contributed by atoms with E-state index in [9.17, 15) is 4.39 Å². The highest BCUT2D eigenvalue weighted by Crippen LogP contribution is 2.20. The molecule has 15 heavy (non-hydrogen) atoms. The summed E-state index contributed by atoms with van der Waals surface area (Å²) < 4.78 is 18.0. The van der Waals surface area contributed by atoms with Crippen LogP contribution >= 0.6 is 0 Å². The molecule has 0 bridgehead atoms. The molecule has 1 aromatic carbocycles. The normalized spacial score (nSPS) is 9.13. The minimum absolute atomic E-state index is 0.240. The predicted molar refractivity (Wildman–Crippen MR) is 62.9 cm³/mol. The summed E-state index contributed by atoms with van der Waals surface area (Å²) in [4.78, 5) is 0. The van der Waals surface area contributed by atoms with E-state index in [1.165, 1.54) is 18.6 Å². The van der Waals surface area contributed by atoms with Crippen LogP contribution in [-0.2, 0) is 6.42 Å². The average molecular weight is 212 g/mol. The fourth-order valence-electron chi connectivity index (χ4n) is 1.11. The highest BCUT2D eigenvalue weighted by atomic mass is 19.1. The Bertz CT molecular complexity index is 271. The highest BCUT2D eigenvalue weighted by molar-refractivity contribution is 5.33. The molecule has 0 spiro atoms. The maximum Gasteiger partial charge on any atom is 0.126 e. The van der Waals surface area contributed by atoms with Gasteiger partial charge in [-0.25, -0.2) is 4.39 Å². The van der Waals surface area contributed by atoms with Crippen LogP contribution in [-0.4, -0.2) is 6.61 Å². The summed E-state index contributed by atoms with van der Waals surface area (Å²) in [7, 11) is 0. The first-order valence-electron chi connectivity index (χ1n) is 5.60. The van der Waals surface area contributed by atoms with Crippen LogP contribution in [0.2, 0.25) is 0 Å². The lowest BCUT2D eigenvalue weighted by Crippen LogP contribution is -1.96. The maximum atomic E-state index is 12.7. The molecule has 0 heterocycles. The summed E-state index contributed by atoms with van der Waals surface area (Å²) in [6, 6.07) is 4.66. The van der Waals surface area contributed by atoms with E-state index < -0.39 is 0 Å². The van der Waals surface area contributed by atoms with Crippen molar-refractivity contribution in [3.63, 3.8) is 0 Å². The van der Waals surface area contributed by atoms with E-state index in [-0.39, 0.29) is 5.82 Å². The molecule has 0 aliphatic rings. The third-order valence-electron chi connectivity index (χ3n) is 1.71. The number of benzene rings is 1. The van der Waals surface area contributed by atoms with E-state index in [1.54, 1.807) is 6.07 Å². The molecule has 0 atom stereocenters. The Labute approximate surface area is 92.3 Å². The largest absolute Gasteiger partial charge is 0.493 e. The zero-order chi connectivity index (χ0) is 11.7. The van der Waals surface area contributed by atoms with Crippen molar-refractivity contribution in [2.75, 3.05) is 6.61 Å². The zero-order valence-corrected chi connectivity index (χ0v) is 10.1. The van der Waals surface area contributed by atoms with Gasteiger partial charge in [-0.3, -0.25) is 0 Å². The standard InChI is InChI=1S/C10H13FO.C3H8/c1-3-8-5-6-9(11)7-10(8)12-4-2;1-3-2/h5-7H,3-4H2,1-2H3;3H2,1-2H3. The molecule has 0 aliphatic heterocycles. The highest BCUT2D eigenvalue weighted by Gasteiger charge is 2.01. The third-order valence-corrected chi connectivity index (χ3v) is 1.71. The van der Waals surface area contributed by atoms with Gasteiger partial charge in [-0.05, 0) is 25.0 Å². The second kappa shape index (κ2) is 8.27. The van der Waals surface area contributed by atoms with Gasteiger partial charge in [0.1, 0.15) is 11.6 Å². The van der Waals surface area contributed by atoms with E-state index in [4.69, 9.17) is 4.74 Å². The summed E-state index contributed by atoms with van der Waals surface area (Å²) in [5, 5.41) is 0. The summed E-state index contributed by atoms with van der Waals surface area (Å²) >= 11 is 0. The molecule has 0 radical (unpaired) electrons. The molecule has 0 fully saturated rings. The van der Waals surface area contributed by atoms with Crippen molar-refractivity contribution in [1.29, 1.82) is 0 Å². The van der Waals surface area contributed by atoms with Crippen molar-refractivity contribution in [3.8, 4) is 5.75 Å². The number of hydrogen-bond donors (Lipinski definition) is 0. The van der Waals surface area contributed by atoms with E-state index in [1.807, 2.05) is 13.8 Å². The molecule has 0 saturated heterocycles. The third kappa shape index (κ3) is 5.40. The summed E-state index contributed by atoms with van der Waals surface area (Å²) in [6.07, 6.45) is 2.12. The molecule has 0 saturated carbocycles. The zero-order valence-electron chi connectivity index (χ0n) is 10.1. The van der Waals surface area contributed by atoms with E-state index >= 15 is 0 Å². The minimum Gasteiger partial charge on any atom is -0.493 e. The van der Waals surface area contributed by atoms with Crippen LogP contribution < -0.4 is 4.74 Å². The van der Waals surface area contributed by atoms with Crippen molar-refractivity contribution in [3.05, 3.63) is 29.6 Å². The Morgan fingerprint density at radius 2 is 1.73 bits per heavy atom. The van der Waals surface area contributed by atoms with Gasteiger partial charge < -0.3 is 4.74 Å². The van der Waals surface area contributed by atoms with Crippen LogP contribution in [0.1, 0.15) is 39.7 Å². The van der Waals surface area contributed by atoms with Gasteiger partial charge >= 0.3 is 0 Å². The molecule has 86 valence electrons. The predicted octanol–water partition coefficient (Wildman–Crippen LogP) is 4.20. The van der Waals surface area contributed by atoms with E-state index in [0.717, 1.165) is 12.0 Å². The molecule has 0 amide bonds. The second-order valence-electron chi connectivity index (χ2n) is 3.25. The maximum absolute atomic E-state index is 12.7. The van der Waals surface area contributed by atoms with Crippen LogP contribution in [0.5, 0.6) is 5.75 Å². The summed E-state index contributed by atoms with van der Waals surface area (Å²) in [5.41, 5.74) is 1.05. The van der Waals surface area contributed by atoms with Crippen LogP contribution in [0, 0.1) is 5.82 Å². The van der Waals surface area contributed by atoms with E-state index in [0.29, 0.717) is 12.4 Å². The molecule has 1 aromatic rings. The van der Waals surface area contributed by atoms with Crippen molar-refractivity contribution in [2.24, 2.45) is 0 Å². The lowest BCUT2D eigenvalue weighted by molar-refractivity contribution is 0.335. The molecule has 1 nitrogen and oxygen atoms in total. The molecule has 2 heteroatoms. The number of rotatable bonds is 3. The van der Waals surface area contributed by atoms with Crippen LogP contribution in [0.15, 0.2) is 18.2 Å². The molecule has 0 N–H and O–H groups in total. The van der Waals surface area contributed by atoms with Gasteiger partial charge in [-0.15, -0.1) is 0 Å². The van der Waals surface area contributed by atoms with Crippen LogP contribution in [0.4, 0.5) is 4.39 Å². The smallest absolute Gasteiger partial charge is 0.126 e. The van der Waals surface area contributed by atoms with Gasteiger partial charge in [0.15, 0.2) is 0 Å². The van der Waals surface area contributed by atoms with Gasteiger partial charge in [0.05, 0.1) is 6.61 Å². The molecular formula is C13H21FO. The Morgan fingerprint density at radius 3 is 2.20 bits per heavy atom. The van der Waals surface area contributed by atoms with Crippen molar-refractivity contribution in [1.82, 2.24) is 0 Å². The SMILES string of the molecule is CCC.CCOc1cc(F)ccc1CC. The second-order valence-corrected chi connectivity index (χ2v) is 3.25. The fourth-order valence-corrected chi connectivity index (χ4v) is 1.11. The minimum atomic E-state index is -0.240. The first-order chi connectivity index (χ1) is 7.19. The Kier molecular flexibility index (Phi) is 7.69. The van der Waals surface area contributed by atoms with Gasteiger partial charge in [-0.2, -0.15) is 0 Å². The molecule has 0 aromatic heterocycles. The first-order valence-corrected chi connectivity index (χ1v) is 5.60. The topological polar surface area (TPSA) is 9.23 Å². The number of aryl methyl sites for hydroxylation is 1. The number of hydrogen-bond acceptors (Lipinski definition) is 1. The lowest BCUT2D eigenvalue weighted by atomic mass is 10.1. The van der Waals surface area contributed by atoms with Crippen molar-refractivity contribution < 1.29 is 9.13 Å². The van der Waals surface area contributed by atoms with Gasteiger partial charge in [0.25, 0.3) is 0 Å². The van der Waals surface area contributed by atoms with Gasteiger partial charge in [0, 0.05) is 6.07 Å². The van der Waals surface area contributed by atoms with Crippen LogP contribution in [0.25, 0.3) is 0 Å². The average Bonchev–Trinajstić information content (AvgIpc) is 2.20. The lowest BCUT2D eigenvalue weighted by Gasteiger charge is -2.07. The van der Waals surface area contributed by atoms with Gasteiger partial charge in [0.2, 0.25) is 0 Å². The number of halogens is 1.